The zero-order valence-electron chi connectivity index (χ0n) is 21.1. The van der Waals surface area contributed by atoms with E-state index in [4.69, 9.17) is 23.2 Å². The third-order valence-electron chi connectivity index (χ3n) is 6.72. The number of rotatable bonds is 7. The minimum absolute atomic E-state index is 0.00528. The lowest BCUT2D eigenvalue weighted by atomic mass is 9.99. The molecule has 1 fully saturated rings. The molecule has 0 saturated carbocycles. The van der Waals surface area contributed by atoms with Crippen molar-refractivity contribution in [2.45, 2.75) is 43.4 Å². The number of sulfone groups is 1. The van der Waals surface area contributed by atoms with Crippen LogP contribution in [0.15, 0.2) is 35.2 Å². The summed E-state index contributed by atoms with van der Waals surface area (Å²) < 4.78 is 67.5. The van der Waals surface area contributed by atoms with Crippen LogP contribution in [-0.2, 0) is 22.6 Å². The predicted octanol–water partition coefficient (Wildman–Crippen LogP) is 5.61. The number of nitrogens with zero attached hydrogens (tertiary/aromatic N) is 3. The van der Waals surface area contributed by atoms with Crippen molar-refractivity contribution in [3.63, 3.8) is 0 Å². The lowest BCUT2D eigenvalue weighted by Gasteiger charge is -2.35. The topological polar surface area (TPSA) is 60.9 Å². The van der Waals surface area contributed by atoms with Crippen LogP contribution >= 0.6 is 23.2 Å². The Morgan fingerprint density at radius 3 is 2.24 bits per heavy atom. The molecule has 1 saturated heterocycles. The lowest BCUT2D eigenvalue weighted by molar-refractivity contribution is -0.138. The first kappa shape index (κ1) is 29.7. The largest absolute Gasteiger partial charge is 0.416 e. The van der Waals surface area contributed by atoms with Gasteiger partial charge in [0.2, 0.25) is 0 Å². The molecule has 0 unspecified atom stereocenters. The SMILES string of the molecule is CCS(=O)(=O)c1ccc(Cl)cc1N(C)C(=O)c1cc(Cl)c(CN2CCC(N(C)C)CC2)c(C(F)(F)F)c1. The first-order valence-electron chi connectivity index (χ1n) is 11.7. The van der Waals surface area contributed by atoms with Crippen molar-refractivity contribution in [2.75, 3.05) is 44.9 Å². The van der Waals surface area contributed by atoms with Gasteiger partial charge in [-0.2, -0.15) is 13.2 Å². The van der Waals surface area contributed by atoms with Crippen LogP contribution in [0.25, 0.3) is 0 Å². The molecule has 0 aromatic heterocycles. The number of piperidine rings is 1. The van der Waals surface area contributed by atoms with Crippen LogP contribution in [0.2, 0.25) is 10.0 Å². The number of carbonyl (C=O) groups excluding carboxylic acids is 1. The fraction of sp³-hybridized carbons (Fsp3) is 0.480. The van der Waals surface area contributed by atoms with Gasteiger partial charge in [-0.3, -0.25) is 9.69 Å². The van der Waals surface area contributed by atoms with E-state index in [-0.39, 0.29) is 44.1 Å². The molecule has 1 heterocycles. The van der Waals surface area contributed by atoms with Gasteiger partial charge < -0.3 is 9.80 Å². The van der Waals surface area contributed by atoms with Crippen molar-refractivity contribution in [3.8, 4) is 0 Å². The molecule has 0 bridgehead atoms. The summed E-state index contributed by atoms with van der Waals surface area (Å²) in [4.78, 5) is 18.2. The summed E-state index contributed by atoms with van der Waals surface area (Å²) in [6, 6.07) is 6.30. The van der Waals surface area contributed by atoms with Crippen molar-refractivity contribution in [1.29, 1.82) is 0 Å². The molecule has 0 atom stereocenters. The number of likely N-dealkylation sites (tertiary alicyclic amines) is 1. The summed E-state index contributed by atoms with van der Waals surface area (Å²) in [5.74, 6) is -1.07. The Balaban J connectivity index is 1.97. The summed E-state index contributed by atoms with van der Waals surface area (Å²) in [5.41, 5.74) is -1.42. The van der Waals surface area contributed by atoms with E-state index in [0.29, 0.717) is 19.1 Å². The summed E-state index contributed by atoms with van der Waals surface area (Å²) in [6.07, 6.45) is -3.09. The number of halogens is 5. The van der Waals surface area contributed by atoms with E-state index in [1.807, 2.05) is 19.0 Å². The Morgan fingerprint density at radius 2 is 1.70 bits per heavy atom. The molecule has 204 valence electrons. The van der Waals surface area contributed by atoms with Gasteiger partial charge in [0.1, 0.15) is 0 Å². The molecule has 2 aromatic rings. The third-order valence-corrected chi connectivity index (χ3v) is 9.07. The van der Waals surface area contributed by atoms with Crippen molar-refractivity contribution in [1.82, 2.24) is 9.80 Å². The number of alkyl halides is 3. The van der Waals surface area contributed by atoms with E-state index < -0.39 is 27.5 Å². The summed E-state index contributed by atoms with van der Waals surface area (Å²) >= 11 is 12.4. The van der Waals surface area contributed by atoms with Crippen LogP contribution in [0.3, 0.4) is 0 Å². The van der Waals surface area contributed by atoms with E-state index in [9.17, 15) is 26.4 Å². The lowest BCUT2D eigenvalue weighted by Crippen LogP contribution is -2.41. The highest BCUT2D eigenvalue weighted by molar-refractivity contribution is 7.91. The quantitative estimate of drug-likeness (QED) is 0.427. The third kappa shape index (κ3) is 6.78. The van der Waals surface area contributed by atoms with Crippen molar-refractivity contribution < 1.29 is 26.4 Å². The van der Waals surface area contributed by atoms with Crippen LogP contribution in [0.1, 0.15) is 41.3 Å². The highest BCUT2D eigenvalue weighted by atomic mass is 35.5. The second-order valence-electron chi connectivity index (χ2n) is 9.33. The number of benzene rings is 2. The van der Waals surface area contributed by atoms with Crippen molar-refractivity contribution >= 4 is 44.6 Å². The minimum Gasteiger partial charge on any atom is -0.310 e. The van der Waals surface area contributed by atoms with E-state index in [2.05, 4.69) is 4.90 Å². The van der Waals surface area contributed by atoms with Gasteiger partial charge in [0.25, 0.3) is 5.91 Å². The highest BCUT2D eigenvalue weighted by Gasteiger charge is 2.37. The Morgan fingerprint density at radius 1 is 1.08 bits per heavy atom. The standard InChI is InChI=1S/C25H30Cl2F3N3O3S/c1-5-37(35,36)23-7-6-17(26)14-22(23)32(4)24(34)16-12-20(25(28,29)30)19(21(27)13-16)15-33-10-8-18(9-11-33)31(2)3/h6-7,12-14,18H,5,8-11,15H2,1-4H3. The van der Waals surface area contributed by atoms with E-state index in [0.717, 1.165) is 23.8 Å². The molecule has 1 aliphatic heterocycles. The maximum Gasteiger partial charge on any atom is 0.416 e. The smallest absolute Gasteiger partial charge is 0.310 e. The number of hydrogen-bond acceptors (Lipinski definition) is 5. The molecule has 0 radical (unpaired) electrons. The molecule has 0 spiro atoms. The Hall–Kier alpha value is -1.85. The summed E-state index contributed by atoms with van der Waals surface area (Å²) in [7, 11) is 1.50. The van der Waals surface area contributed by atoms with Gasteiger partial charge in [0.15, 0.2) is 9.84 Å². The van der Waals surface area contributed by atoms with Crippen LogP contribution in [0.5, 0.6) is 0 Å². The molecule has 6 nitrogen and oxygen atoms in total. The number of carbonyl (C=O) groups is 1. The van der Waals surface area contributed by atoms with Gasteiger partial charge in [0.05, 0.1) is 21.9 Å². The van der Waals surface area contributed by atoms with Gasteiger partial charge in [-0.1, -0.05) is 30.1 Å². The zero-order valence-corrected chi connectivity index (χ0v) is 23.4. The van der Waals surface area contributed by atoms with E-state index in [1.165, 1.54) is 38.2 Å². The Kier molecular flexibility index (Phi) is 9.22. The fourth-order valence-electron chi connectivity index (χ4n) is 4.47. The van der Waals surface area contributed by atoms with Crippen LogP contribution in [0.4, 0.5) is 18.9 Å². The molecule has 2 aromatic carbocycles. The van der Waals surface area contributed by atoms with E-state index in [1.54, 1.807) is 0 Å². The maximum atomic E-state index is 14.1. The van der Waals surface area contributed by atoms with Crippen LogP contribution < -0.4 is 4.90 Å². The Bertz CT molecular complexity index is 1260. The summed E-state index contributed by atoms with van der Waals surface area (Å²) in [6.45, 7) is 2.71. The number of hydrogen-bond donors (Lipinski definition) is 0. The van der Waals surface area contributed by atoms with Gasteiger partial charge in [0, 0.05) is 35.2 Å². The predicted molar refractivity (Wildman–Crippen MR) is 140 cm³/mol. The van der Waals surface area contributed by atoms with Gasteiger partial charge in [-0.25, -0.2) is 8.42 Å². The van der Waals surface area contributed by atoms with Gasteiger partial charge in [-0.05, 0) is 75.9 Å². The number of anilines is 1. The molecule has 0 aliphatic carbocycles. The van der Waals surface area contributed by atoms with Gasteiger partial charge >= 0.3 is 6.18 Å². The molecule has 37 heavy (non-hydrogen) atoms. The zero-order chi connectivity index (χ0) is 27.7. The number of amides is 1. The highest BCUT2D eigenvalue weighted by Crippen LogP contribution is 2.38. The van der Waals surface area contributed by atoms with E-state index >= 15 is 0 Å². The van der Waals surface area contributed by atoms with Crippen molar-refractivity contribution in [2.24, 2.45) is 0 Å². The normalized spacial score (nSPS) is 15.8. The molecule has 3 rings (SSSR count). The molecular formula is C25H30Cl2F3N3O3S. The summed E-state index contributed by atoms with van der Waals surface area (Å²) in [5, 5.41) is 0.000840. The second-order valence-corrected chi connectivity index (χ2v) is 12.4. The molecule has 12 heteroatoms. The Labute approximate surface area is 225 Å². The molecule has 1 amide bonds. The van der Waals surface area contributed by atoms with Gasteiger partial charge in [-0.15, -0.1) is 0 Å². The maximum absolute atomic E-state index is 14.1. The average Bonchev–Trinajstić information content (AvgIpc) is 2.83. The minimum atomic E-state index is -4.75. The second kappa shape index (κ2) is 11.5. The fourth-order valence-corrected chi connectivity index (χ4v) is 6.01. The monoisotopic (exact) mass is 579 g/mol. The molecule has 0 N–H and O–H groups in total. The average molecular weight is 581 g/mol. The van der Waals surface area contributed by atoms with Crippen LogP contribution in [0, 0.1) is 0 Å². The van der Waals surface area contributed by atoms with Crippen LogP contribution in [-0.4, -0.2) is 70.2 Å². The first-order valence-corrected chi connectivity index (χ1v) is 14.1. The first-order chi connectivity index (χ1) is 17.2. The van der Waals surface area contributed by atoms with Crippen molar-refractivity contribution in [3.05, 3.63) is 57.1 Å². The molecular weight excluding hydrogens is 550 g/mol. The molecule has 1 aliphatic rings.